The van der Waals surface area contributed by atoms with Crippen LogP contribution in [0, 0.1) is 0 Å². The lowest BCUT2D eigenvalue weighted by Crippen LogP contribution is -2.58. The lowest BCUT2D eigenvalue weighted by Gasteiger charge is -2.47. The molecule has 4 heterocycles. The molecule has 0 aliphatic carbocycles. The first-order valence-corrected chi connectivity index (χ1v) is 8.72. The number of halogens is 1. The van der Waals surface area contributed by atoms with Crippen molar-refractivity contribution in [1.82, 2.24) is 14.9 Å². The highest BCUT2D eigenvalue weighted by molar-refractivity contribution is 6.32. The van der Waals surface area contributed by atoms with Crippen molar-refractivity contribution >= 4 is 23.3 Å². The Kier molecular flexibility index (Phi) is 4.35. The van der Waals surface area contributed by atoms with Crippen LogP contribution in [0.3, 0.4) is 0 Å². The van der Waals surface area contributed by atoms with E-state index < -0.39 is 0 Å². The van der Waals surface area contributed by atoms with Gasteiger partial charge in [-0.05, 0) is 25.0 Å². The highest BCUT2D eigenvalue weighted by atomic mass is 35.5. The fourth-order valence-corrected chi connectivity index (χ4v) is 3.77. The summed E-state index contributed by atoms with van der Waals surface area (Å²) in [5, 5.41) is 0.553. The van der Waals surface area contributed by atoms with Gasteiger partial charge in [-0.1, -0.05) is 11.6 Å². The number of hydrogen-bond acceptors (Lipinski definition) is 6. The molecule has 2 aromatic heterocycles. The average Bonchev–Trinajstić information content (AvgIpc) is 3.17. The molecule has 4 rings (SSSR count). The third-order valence-corrected chi connectivity index (χ3v) is 5.16. The minimum absolute atomic E-state index is 0.0750. The molecule has 0 N–H and O–H groups in total. The molecule has 0 saturated carbocycles. The number of piperidine rings is 1. The Morgan fingerprint density at radius 3 is 2.84 bits per heavy atom. The maximum Gasteiger partial charge on any atom is 0.289 e. The topological polar surface area (TPSA) is 71.7 Å². The number of furan rings is 1. The Balaban J connectivity index is 1.43. The molecule has 0 unspecified atom stereocenters. The summed E-state index contributed by atoms with van der Waals surface area (Å²) in [5.41, 5.74) is -0.309. The fraction of sp³-hybridized carbons (Fsp3) is 0.471. The maximum absolute atomic E-state index is 12.5. The highest BCUT2D eigenvalue weighted by Gasteiger charge is 2.41. The lowest BCUT2D eigenvalue weighted by atomic mass is 9.89. The molecule has 0 aromatic carbocycles. The van der Waals surface area contributed by atoms with E-state index in [-0.39, 0.29) is 11.5 Å². The van der Waals surface area contributed by atoms with Crippen molar-refractivity contribution in [2.24, 2.45) is 0 Å². The van der Waals surface area contributed by atoms with Crippen LogP contribution in [0.1, 0.15) is 23.4 Å². The van der Waals surface area contributed by atoms with Gasteiger partial charge in [0.2, 0.25) is 0 Å². The SMILES string of the molecule is O=C(c1ccco1)N1CCOC2(CCN(c3ncncc3Cl)CC2)C1. The van der Waals surface area contributed by atoms with Crippen LogP contribution in [0.2, 0.25) is 5.02 Å². The molecule has 1 spiro atoms. The number of hydrogen-bond donors (Lipinski definition) is 0. The number of rotatable bonds is 2. The molecular weight excluding hydrogens is 344 g/mol. The van der Waals surface area contributed by atoms with E-state index >= 15 is 0 Å². The predicted octanol–water partition coefficient (Wildman–Crippen LogP) is 2.23. The Morgan fingerprint density at radius 2 is 2.12 bits per heavy atom. The van der Waals surface area contributed by atoms with Crippen LogP contribution in [0.5, 0.6) is 0 Å². The van der Waals surface area contributed by atoms with E-state index in [4.69, 9.17) is 20.8 Å². The van der Waals surface area contributed by atoms with Gasteiger partial charge in [-0.15, -0.1) is 0 Å². The third kappa shape index (κ3) is 3.21. The molecule has 2 aliphatic rings. The molecule has 7 nitrogen and oxygen atoms in total. The molecule has 2 aliphatic heterocycles. The van der Waals surface area contributed by atoms with E-state index in [0.29, 0.717) is 30.5 Å². The summed E-state index contributed by atoms with van der Waals surface area (Å²) in [7, 11) is 0. The van der Waals surface area contributed by atoms with Crippen LogP contribution in [-0.4, -0.2) is 59.2 Å². The summed E-state index contributed by atoms with van der Waals surface area (Å²) in [5.74, 6) is 1.06. The van der Waals surface area contributed by atoms with Gasteiger partial charge in [0.05, 0.1) is 31.2 Å². The lowest BCUT2D eigenvalue weighted by molar-refractivity contribution is -0.112. The molecule has 25 heavy (non-hydrogen) atoms. The average molecular weight is 363 g/mol. The van der Waals surface area contributed by atoms with Crippen molar-refractivity contribution < 1.29 is 13.9 Å². The summed E-state index contributed by atoms with van der Waals surface area (Å²) in [6.07, 6.45) is 6.26. The van der Waals surface area contributed by atoms with Gasteiger partial charge in [0.25, 0.3) is 5.91 Å². The van der Waals surface area contributed by atoms with E-state index in [1.807, 2.05) is 4.90 Å². The zero-order chi connectivity index (χ0) is 17.3. The number of carbonyl (C=O) groups is 1. The van der Waals surface area contributed by atoms with E-state index in [1.165, 1.54) is 12.6 Å². The summed E-state index contributed by atoms with van der Waals surface area (Å²) >= 11 is 6.20. The Hall–Kier alpha value is -2.12. The normalized spacial score (nSPS) is 20.0. The molecule has 0 bridgehead atoms. The number of carbonyl (C=O) groups excluding carboxylic acids is 1. The first-order valence-electron chi connectivity index (χ1n) is 8.34. The maximum atomic E-state index is 12.5. The van der Waals surface area contributed by atoms with Gasteiger partial charge in [-0.2, -0.15) is 0 Å². The molecule has 1 amide bonds. The van der Waals surface area contributed by atoms with Gasteiger partial charge in [0.15, 0.2) is 11.6 Å². The van der Waals surface area contributed by atoms with Crippen molar-refractivity contribution in [3.63, 3.8) is 0 Å². The summed E-state index contributed by atoms with van der Waals surface area (Å²) in [4.78, 5) is 24.7. The molecule has 0 radical (unpaired) electrons. The summed E-state index contributed by atoms with van der Waals surface area (Å²) < 4.78 is 11.3. The van der Waals surface area contributed by atoms with Crippen molar-refractivity contribution in [2.75, 3.05) is 37.7 Å². The van der Waals surface area contributed by atoms with E-state index in [1.54, 1.807) is 18.3 Å². The molecule has 0 atom stereocenters. The van der Waals surface area contributed by atoms with E-state index in [2.05, 4.69) is 14.9 Å². The van der Waals surface area contributed by atoms with Gasteiger partial charge < -0.3 is 19.0 Å². The Labute approximate surface area is 150 Å². The van der Waals surface area contributed by atoms with Gasteiger partial charge >= 0.3 is 0 Å². The largest absolute Gasteiger partial charge is 0.459 e. The Bertz CT molecular complexity index is 744. The van der Waals surface area contributed by atoms with Crippen molar-refractivity contribution in [3.05, 3.63) is 41.7 Å². The van der Waals surface area contributed by atoms with Crippen molar-refractivity contribution in [1.29, 1.82) is 0 Å². The van der Waals surface area contributed by atoms with Crippen molar-refractivity contribution in [3.8, 4) is 0 Å². The second-order valence-corrected chi connectivity index (χ2v) is 6.82. The van der Waals surface area contributed by atoms with Crippen LogP contribution in [0.4, 0.5) is 5.82 Å². The number of aromatic nitrogens is 2. The summed E-state index contributed by atoms with van der Waals surface area (Å²) in [6, 6.07) is 3.43. The minimum atomic E-state index is -0.309. The van der Waals surface area contributed by atoms with Crippen LogP contribution in [0.25, 0.3) is 0 Å². The number of morpholine rings is 1. The van der Waals surface area contributed by atoms with Crippen LogP contribution >= 0.6 is 11.6 Å². The second-order valence-electron chi connectivity index (χ2n) is 6.42. The molecule has 2 aromatic rings. The Morgan fingerprint density at radius 1 is 1.28 bits per heavy atom. The van der Waals surface area contributed by atoms with Crippen LogP contribution in [0.15, 0.2) is 35.3 Å². The quantitative estimate of drug-likeness (QED) is 0.815. The number of ether oxygens (including phenoxy) is 1. The van der Waals surface area contributed by atoms with Gasteiger partial charge in [0, 0.05) is 19.6 Å². The predicted molar refractivity (Wildman–Crippen MR) is 91.8 cm³/mol. The number of nitrogens with zero attached hydrogens (tertiary/aromatic N) is 4. The summed E-state index contributed by atoms with van der Waals surface area (Å²) in [6.45, 7) is 3.26. The monoisotopic (exact) mass is 362 g/mol. The van der Waals surface area contributed by atoms with Gasteiger partial charge in [0.1, 0.15) is 11.3 Å². The number of anilines is 1. The van der Waals surface area contributed by atoms with E-state index in [0.717, 1.165) is 31.7 Å². The molecular formula is C17H19ClN4O3. The second kappa shape index (κ2) is 6.65. The molecule has 8 heteroatoms. The minimum Gasteiger partial charge on any atom is -0.459 e. The zero-order valence-electron chi connectivity index (χ0n) is 13.7. The fourth-order valence-electron chi connectivity index (χ4n) is 3.54. The standard InChI is InChI=1S/C17H19ClN4O3/c18-13-10-19-12-20-15(13)21-5-3-17(4-6-21)11-22(7-9-25-17)16(23)14-2-1-8-24-14/h1-2,8,10,12H,3-7,9,11H2. The molecule has 2 fully saturated rings. The van der Waals surface area contributed by atoms with E-state index in [9.17, 15) is 4.79 Å². The van der Waals surface area contributed by atoms with Crippen molar-refractivity contribution in [2.45, 2.75) is 18.4 Å². The van der Waals surface area contributed by atoms with Crippen LogP contribution in [-0.2, 0) is 4.74 Å². The third-order valence-electron chi connectivity index (χ3n) is 4.89. The van der Waals surface area contributed by atoms with Crippen LogP contribution < -0.4 is 4.90 Å². The zero-order valence-corrected chi connectivity index (χ0v) is 14.5. The van der Waals surface area contributed by atoms with Gasteiger partial charge in [-0.3, -0.25) is 4.79 Å². The first kappa shape index (κ1) is 16.4. The molecule has 2 saturated heterocycles. The van der Waals surface area contributed by atoms with Gasteiger partial charge in [-0.25, -0.2) is 9.97 Å². The smallest absolute Gasteiger partial charge is 0.289 e. The first-order chi connectivity index (χ1) is 12.2. The number of amides is 1. The molecule has 132 valence electrons. The highest BCUT2D eigenvalue weighted by Crippen LogP contribution is 2.33.